The fourth-order valence-electron chi connectivity index (χ4n) is 4.02. The molecular weight excluding hydrogens is 362 g/mol. The molecule has 144 valence electrons. The molecule has 1 aliphatic carbocycles. The van der Waals surface area contributed by atoms with Crippen molar-refractivity contribution in [2.75, 3.05) is 7.11 Å². The molecule has 1 amide bonds. The molecule has 2 aliphatic rings. The zero-order valence-electron chi connectivity index (χ0n) is 15.5. The number of hydrazone groups is 1. The van der Waals surface area contributed by atoms with Gasteiger partial charge in [0.15, 0.2) is 0 Å². The van der Waals surface area contributed by atoms with Crippen LogP contribution in [-0.4, -0.2) is 28.8 Å². The Morgan fingerprint density at radius 1 is 1.21 bits per heavy atom. The van der Waals surface area contributed by atoms with Crippen LogP contribution in [0.15, 0.2) is 47.6 Å². The summed E-state index contributed by atoms with van der Waals surface area (Å²) >= 11 is 0. The lowest BCUT2D eigenvalue weighted by atomic mass is 9.77. The molecule has 4 rings (SSSR count). The smallest absolute Gasteiger partial charge is 0.299 e. The topological polar surface area (TPSA) is 94.3 Å². The highest BCUT2D eigenvalue weighted by Gasteiger charge is 2.43. The number of amides is 1. The molecular formula is C20H19N3O5. The molecule has 0 saturated carbocycles. The van der Waals surface area contributed by atoms with Gasteiger partial charge in [0.2, 0.25) is 5.91 Å². The summed E-state index contributed by atoms with van der Waals surface area (Å²) in [5.41, 5.74) is 3.94. The van der Waals surface area contributed by atoms with Gasteiger partial charge in [-0.15, -0.1) is 10.1 Å². The minimum Gasteiger partial charge on any atom is -0.497 e. The predicted octanol–water partition coefficient (Wildman–Crippen LogP) is 3.14. The SMILES string of the molecule is COc1ccc2c(c1)C1=NN(C(C)=O)[C@@H](c3ccc(O[N+](=O)[O-])cc3)[C@H]1CC2. The van der Waals surface area contributed by atoms with Crippen LogP contribution in [0.5, 0.6) is 11.5 Å². The Morgan fingerprint density at radius 3 is 2.57 bits per heavy atom. The monoisotopic (exact) mass is 381 g/mol. The van der Waals surface area contributed by atoms with E-state index in [1.165, 1.54) is 29.6 Å². The molecule has 0 aromatic heterocycles. The van der Waals surface area contributed by atoms with Crippen LogP contribution < -0.4 is 9.57 Å². The quantitative estimate of drug-likeness (QED) is 0.599. The number of methoxy groups -OCH3 is 1. The summed E-state index contributed by atoms with van der Waals surface area (Å²) in [5, 5.41) is 15.8. The van der Waals surface area contributed by atoms with E-state index in [0.29, 0.717) is 0 Å². The third-order valence-corrected chi connectivity index (χ3v) is 5.25. The van der Waals surface area contributed by atoms with E-state index in [0.717, 1.165) is 35.4 Å². The van der Waals surface area contributed by atoms with Crippen molar-refractivity contribution in [2.24, 2.45) is 11.0 Å². The highest BCUT2D eigenvalue weighted by atomic mass is 17.0. The molecule has 1 heterocycles. The number of ether oxygens (including phenoxy) is 1. The summed E-state index contributed by atoms with van der Waals surface area (Å²) < 4.78 is 5.35. The number of aryl methyl sites for hydroxylation is 1. The maximum absolute atomic E-state index is 12.3. The van der Waals surface area contributed by atoms with E-state index in [1.54, 1.807) is 19.2 Å². The lowest BCUT2D eigenvalue weighted by Crippen LogP contribution is -2.31. The van der Waals surface area contributed by atoms with Crippen molar-refractivity contribution in [1.29, 1.82) is 0 Å². The lowest BCUT2D eigenvalue weighted by Gasteiger charge is -2.29. The first-order chi connectivity index (χ1) is 13.5. The molecule has 0 bridgehead atoms. The van der Waals surface area contributed by atoms with E-state index >= 15 is 0 Å². The number of carbonyl (C=O) groups is 1. The Kier molecular flexibility index (Phi) is 4.46. The Labute approximate surface area is 161 Å². The molecule has 0 radical (unpaired) electrons. The van der Waals surface area contributed by atoms with Crippen LogP contribution in [0.2, 0.25) is 0 Å². The summed E-state index contributed by atoms with van der Waals surface area (Å²) in [4.78, 5) is 27.3. The average molecular weight is 381 g/mol. The van der Waals surface area contributed by atoms with E-state index in [4.69, 9.17) is 4.74 Å². The minimum absolute atomic E-state index is 0.0470. The molecule has 0 saturated heterocycles. The minimum atomic E-state index is -0.848. The summed E-state index contributed by atoms with van der Waals surface area (Å²) in [6.07, 6.45) is 1.74. The van der Waals surface area contributed by atoms with Gasteiger partial charge < -0.3 is 4.74 Å². The van der Waals surface area contributed by atoms with Crippen molar-refractivity contribution >= 4 is 11.6 Å². The van der Waals surface area contributed by atoms with Crippen LogP contribution in [0.4, 0.5) is 0 Å². The van der Waals surface area contributed by atoms with Crippen LogP contribution in [0.3, 0.4) is 0 Å². The van der Waals surface area contributed by atoms with E-state index < -0.39 is 5.09 Å². The van der Waals surface area contributed by atoms with Crippen LogP contribution in [0.25, 0.3) is 0 Å². The molecule has 8 nitrogen and oxygen atoms in total. The molecule has 0 unspecified atom stereocenters. The number of carbonyl (C=O) groups excluding carboxylic acids is 1. The van der Waals surface area contributed by atoms with Crippen molar-refractivity contribution in [1.82, 2.24) is 5.01 Å². The van der Waals surface area contributed by atoms with Crippen molar-refractivity contribution < 1.29 is 19.5 Å². The van der Waals surface area contributed by atoms with E-state index in [-0.39, 0.29) is 23.6 Å². The third kappa shape index (κ3) is 3.06. The Balaban J connectivity index is 1.72. The van der Waals surface area contributed by atoms with Crippen LogP contribution in [0.1, 0.15) is 36.1 Å². The summed E-state index contributed by atoms with van der Waals surface area (Å²) in [5.74, 6) is 0.787. The second kappa shape index (κ2) is 6.95. The second-order valence-electron chi connectivity index (χ2n) is 6.85. The molecule has 2 aromatic rings. The second-order valence-corrected chi connectivity index (χ2v) is 6.85. The molecule has 2 atom stereocenters. The zero-order valence-corrected chi connectivity index (χ0v) is 15.5. The Morgan fingerprint density at radius 2 is 1.93 bits per heavy atom. The Hall–Kier alpha value is -3.42. The average Bonchev–Trinajstić information content (AvgIpc) is 3.08. The van der Waals surface area contributed by atoms with Crippen molar-refractivity contribution in [3.8, 4) is 11.5 Å². The lowest BCUT2D eigenvalue weighted by molar-refractivity contribution is -0.711. The van der Waals surface area contributed by atoms with Gasteiger partial charge in [-0.1, -0.05) is 18.2 Å². The molecule has 0 spiro atoms. The summed E-state index contributed by atoms with van der Waals surface area (Å²) in [6.45, 7) is 1.49. The van der Waals surface area contributed by atoms with Crippen LogP contribution in [0, 0.1) is 16.0 Å². The highest BCUT2D eigenvalue weighted by molar-refractivity contribution is 6.07. The molecule has 0 N–H and O–H groups in total. The summed E-state index contributed by atoms with van der Waals surface area (Å²) in [7, 11) is 1.62. The first-order valence-electron chi connectivity index (χ1n) is 8.96. The van der Waals surface area contributed by atoms with Gasteiger partial charge in [-0.2, -0.15) is 5.10 Å². The Bertz CT molecular complexity index is 970. The summed E-state index contributed by atoms with van der Waals surface area (Å²) in [6, 6.07) is 12.3. The van der Waals surface area contributed by atoms with Crippen LogP contribution >= 0.6 is 0 Å². The normalized spacial score (nSPS) is 20.1. The van der Waals surface area contributed by atoms with Gasteiger partial charge in [-0.25, -0.2) is 5.01 Å². The van der Waals surface area contributed by atoms with E-state index in [1.807, 2.05) is 18.2 Å². The maximum atomic E-state index is 12.3. The molecule has 0 fully saturated rings. The third-order valence-electron chi connectivity index (χ3n) is 5.25. The van der Waals surface area contributed by atoms with Crippen molar-refractivity contribution in [3.63, 3.8) is 0 Å². The van der Waals surface area contributed by atoms with Gasteiger partial charge in [-0.3, -0.25) is 9.63 Å². The number of fused-ring (bicyclic) bond motifs is 3. The molecule has 2 aromatic carbocycles. The maximum Gasteiger partial charge on any atom is 0.299 e. The molecule has 8 heteroatoms. The standard InChI is InChI=1S/C20H19N3O5/c1-12(24)22-20(14-4-7-15(8-5-14)28-23(25)26)17-10-6-13-3-9-16(27-2)11-18(13)19(17)21-22/h3-5,7-9,11,17,20H,6,10H2,1-2H3/t17-,20-/m0/s1. The fourth-order valence-corrected chi connectivity index (χ4v) is 4.02. The highest BCUT2D eigenvalue weighted by Crippen LogP contribution is 2.44. The van der Waals surface area contributed by atoms with Gasteiger partial charge in [0.1, 0.15) is 11.5 Å². The number of hydrogen-bond acceptors (Lipinski definition) is 6. The van der Waals surface area contributed by atoms with Crippen molar-refractivity contribution in [3.05, 3.63) is 69.3 Å². The largest absolute Gasteiger partial charge is 0.497 e. The van der Waals surface area contributed by atoms with Crippen LogP contribution in [-0.2, 0) is 11.2 Å². The van der Waals surface area contributed by atoms with Gasteiger partial charge in [-0.05, 0) is 48.2 Å². The van der Waals surface area contributed by atoms with Gasteiger partial charge in [0.05, 0.1) is 18.9 Å². The number of rotatable bonds is 4. The molecule has 28 heavy (non-hydrogen) atoms. The number of hydrogen-bond donors (Lipinski definition) is 0. The zero-order chi connectivity index (χ0) is 19.8. The number of nitrogens with zero attached hydrogens (tertiary/aromatic N) is 3. The first-order valence-corrected chi connectivity index (χ1v) is 8.96. The first kappa shape index (κ1) is 18.0. The predicted molar refractivity (Wildman–Crippen MR) is 101 cm³/mol. The fraction of sp³-hybridized carbons (Fsp3) is 0.300. The van der Waals surface area contributed by atoms with Gasteiger partial charge in [0.25, 0.3) is 5.09 Å². The molecule has 1 aliphatic heterocycles. The van der Waals surface area contributed by atoms with Gasteiger partial charge in [0, 0.05) is 18.4 Å². The number of benzene rings is 2. The van der Waals surface area contributed by atoms with E-state index in [9.17, 15) is 14.9 Å². The van der Waals surface area contributed by atoms with Gasteiger partial charge >= 0.3 is 0 Å². The van der Waals surface area contributed by atoms with Crippen molar-refractivity contribution in [2.45, 2.75) is 25.8 Å². The van der Waals surface area contributed by atoms with E-state index in [2.05, 4.69) is 9.94 Å².